The van der Waals surface area contributed by atoms with E-state index in [1.165, 1.54) is 0 Å². The van der Waals surface area contributed by atoms with E-state index in [1.807, 2.05) is 0 Å². The Morgan fingerprint density at radius 1 is 1.54 bits per heavy atom. The highest BCUT2D eigenvalue weighted by Gasteiger charge is 2.46. The van der Waals surface area contributed by atoms with Gasteiger partial charge in [0.25, 0.3) is 0 Å². The number of carbonyl (C=O) groups excluding carboxylic acids is 1. The highest BCUT2D eigenvalue weighted by atomic mass is 16.2. The van der Waals surface area contributed by atoms with Crippen LogP contribution in [0.25, 0.3) is 0 Å². The van der Waals surface area contributed by atoms with Gasteiger partial charge in [-0.3, -0.25) is 4.79 Å². The Balaban J connectivity index is 2.06. The minimum atomic E-state index is -0.445. The van der Waals surface area contributed by atoms with Crippen LogP contribution in [0.4, 0.5) is 0 Å². The summed E-state index contributed by atoms with van der Waals surface area (Å²) in [6.07, 6.45) is 4.84. The molecular weight excluding hydrogens is 164 g/mol. The molecule has 0 aromatic heterocycles. The van der Waals surface area contributed by atoms with Crippen molar-refractivity contribution in [3.05, 3.63) is 0 Å². The summed E-state index contributed by atoms with van der Waals surface area (Å²) >= 11 is 0. The number of nitrogens with zero attached hydrogens (tertiary/aromatic N) is 2. The molecule has 0 aromatic carbocycles. The lowest BCUT2D eigenvalue weighted by Crippen LogP contribution is -2.53. The summed E-state index contributed by atoms with van der Waals surface area (Å²) in [5, 5.41) is 9.01. The third-order valence-corrected chi connectivity index (χ3v) is 3.29. The molecule has 0 aromatic rings. The first kappa shape index (κ1) is 8.55. The van der Waals surface area contributed by atoms with Crippen LogP contribution in [0.5, 0.6) is 0 Å². The third-order valence-electron chi connectivity index (χ3n) is 3.29. The van der Waals surface area contributed by atoms with Crippen LogP contribution in [-0.4, -0.2) is 23.4 Å². The van der Waals surface area contributed by atoms with Crippen LogP contribution < -0.4 is 0 Å². The van der Waals surface area contributed by atoms with Crippen molar-refractivity contribution in [1.29, 1.82) is 5.26 Å². The quantitative estimate of drug-likeness (QED) is 0.639. The fourth-order valence-corrected chi connectivity index (χ4v) is 1.85. The Morgan fingerprint density at radius 3 is 2.46 bits per heavy atom. The molecule has 0 atom stereocenters. The predicted molar refractivity (Wildman–Crippen MR) is 47.7 cm³/mol. The Kier molecular flexibility index (Phi) is 1.80. The first-order chi connectivity index (χ1) is 6.19. The maximum absolute atomic E-state index is 11.7. The topological polar surface area (TPSA) is 44.1 Å². The zero-order valence-corrected chi connectivity index (χ0v) is 7.92. The third kappa shape index (κ3) is 1.21. The molecule has 0 radical (unpaired) electrons. The van der Waals surface area contributed by atoms with Gasteiger partial charge in [0.2, 0.25) is 5.91 Å². The van der Waals surface area contributed by atoms with E-state index in [9.17, 15) is 4.79 Å². The minimum absolute atomic E-state index is 0.182. The lowest BCUT2D eigenvalue weighted by atomic mass is 9.76. The lowest BCUT2D eigenvalue weighted by molar-refractivity contribution is -0.137. The van der Waals surface area contributed by atoms with Gasteiger partial charge in [0.15, 0.2) is 0 Å². The van der Waals surface area contributed by atoms with Gasteiger partial charge in [0.1, 0.15) is 5.54 Å². The summed E-state index contributed by atoms with van der Waals surface area (Å²) in [6.45, 7) is 0. The van der Waals surface area contributed by atoms with Crippen LogP contribution in [0.3, 0.4) is 0 Å². The number of nitriles is 1. The second-order valence-corrected chi connectivity index (χ2v) is 4.17. The molecule has 0 N–H and O–H groups in total. The monoisotopic (exact) mass is 178 g/mol. The molecule has 1 amide bonds. The lowest BCUT2D eigenvalue weighted by Gasteiger charge is -2.43. The average Bonchev–Trinajstić information content (AvgIpc) is 2.84. The van der Waals surface area contributed by atoms with Crippen LogP contribution in [-0.2, 0) is 4.79 Å². The Bertz CT molecular complexity index is 271. The number of carbonyl (C=O) groups is 1. The molecule has 2 fully saturated rings. The SMILES string of the molecule is CN(C(=O)C1CC1)C1(C#N)CCC1. The van der Waals surface area contributed by atoms with E-state index in [-0.39, 0.29) is 11.8 Å². The van der Waals surface area contributed by atoms with Crippen LogP contribution in [0.2, 0.25) is 0 Å². The summed E-state index contributed by atoms with van der Waals surface area (Å²) in [4.78, 5) is 13.4. The van der Waals surface area contributed by atoms with Crippen LogP contribution in [0, 0.1) is 17.2 Å². The van der Waals surface area contributed by atoms with E-state index in [0.29, 0.717) is 0 Å². The normalized spacial score (nSPS) is 24.3. The van der Waals surface area contributed by atoms with Gasteiger partial charge in [-0.2, -0.15) is 5.26 Å². The van der Waals surface area contributed by atoms with Crippen molar-refractivity contribution in [2.24, 2.45) is 5.92 Å². The summed E-state index contributed by atoms with van der Waals surface area (Å²) < 4.78 is 0. The maximum Gasteiger partial charge on any atom is 0.226 e. The van der Waals surface area contributed by atoms with Crippen molar-refractivity contribution in [1.82, 2.24) is 4.90 Å². The molecule has 13 heavy (non-hydrogen) atoms. The second kappa shape index (κ2) is 2.73. The zero-order chi connectivity index (χ0) is 9.47. The maximum atomic E-state index is 11.7. The number of amides is 1. The Labute approximate surface area is 78.3 Å². The highest BCUT2D eigenvalue weighted by Crippen LogP contribution is 2.40. The molecule has 0 spiro atoms. The van der Waals surface area contributed by atoms with Gasteiger partial charge in [-0.25, -0.2) is 0 Å². The standard InChI is InChI=1S/C10H14N2O/c1-12(9(13)8-3-4-8)10(7-11)5-2-6-10/h8H,2-6H2,1H3. The van der Waals surface area contributed by atoms with Crippen molar-refractivity contribution in [3.8, 4) is 6.07 Å². The highest BCUT2D eigenvalue weighted by molar-refractivity contribution is 5.82. The zero-order valence-electron chi connectivity index (χ0n) is 7.92. The minimum Gasteiger partial charge on any atom is -0.327 e. The molecule has 2 rings (SSSR count). The number of hydrogen-bond acceptors (Lipinski definition) is 2. The van der Waals surface area contributed by atoms with E-state index in [1.54, 1.807) is 11.9 Å². The molecule has 2 aliphatic carbocycles. The van der Waals surface area contributed by atoms with Crippen molar-refractivity contribution in [2.45, 2.75) is 37.6 Å². The molecule has 0 aliphatic heterocycles. The van der Waals surface area contributed by atoms with E-state index in [0.717, 1.165) is 32.1 Å². The fourth-order valence-electron chi connectivity index (χ4n) is 1.85. The van der Waals surface area contributed by atoms with Crippen molar-refractivity contribution < 1.29 is 4.79 Å². The smallest absolute Gasteiger partial charge is 0.226 e. The van der Waals surface area contributed by atoms with Crippen LogP contribution >= 0.6 is 0 Å². The van der Waals surface area contributed by atoms with E-state index >= 15 is 0 Å². The fraction of sp³-hybridized carbons (Fsp3) is 0.800. The second-order valence-electron chi connectivity index (χ2n) is 4.17. The summed E-state index contributed by atoms with van der Waals surface area (Å²) in [7, 11) is 1.78. The molecular formula is C10H14N2O. The largest absolute Gasteiger partial charge is 0.327 e. The molecule has 2 saturated carbocycles. The molecule has 3 heteroatoms. The molecule has 3 nitrogen and oxygen atoms in total. The number of hydrogen-bond donors (Lipinski definition) is 0. The molecule has 0 saturated heterocycles. The predicted octanol–water partition coefficient (Wildman–Crippen LogP) is 1.30. The van der Waals surface area contributed by atoms with Crippen molar-refractivity contribution >= 4 is 5.91 Å². The Morgan fingerprint density at radius 2 is 2.15 bits per heavy atom. The summed E-state index contributed by atoms with van der Waals surface area (Å²) in [5.41, 5.74) is -0.445. The van der Waals surface area contributed by atoms with E-state index in [2.05, 4.69) is 6.07 Å². The molecule has 2 aliphatic rings. The van der Waals surface area contributed by atoms with Crippen molar-refractivity contribution in [3.63, 3.8) is 0 Å². The van der Waals surface area contributed by atoms with Gasteiger partial charge < -0.3 is 4.90 Å². The van der Waals surface area contributed by atoms with Gasteiger partial charge in [-0.15, -0.1) is 0 Å². The molecule has 0 heterocycles. The average molecular weight is 178 g/mol. The van der Waals surface area contributed by atoms with E-state index in [4.69, 9.17) is 5.26 Å². The van der Waals surface area contributed by atoms with Gasteiger partial charge in [0.05, 0.1) is 6.07 Å². The van der Waals surface area contributed by atoms with E-state index < -0.39 is 5.54 Å². The van der Waals surface area contributed by atoms with Crippen LogP contribution in [0.15, 0.2) is 0 Å². The number of rotatable bonds is 2. The van der Waals surface area contributed by atoms with Gasteiger partial charge in [-0.1, -0.05) is 0 Å². The summed E-state index contributed by atoms with van der Waals surface area (Å²) in [5.74, 6) is 0.414. The van der Waals surface area contributed by atoms with Gasteiger partial charge in [-0.05, 0) is 32.1 Å². The van der Waals surface area contributed by atoms with Crippen LogP contribution in [0.1, 0.15) is 32.1 Å². The molecule has 0 unspecified atom stereocenters. The van der Waals surface area contributed by atoms with Crippen molar-refractivity contribution in [2.75, 3.05) is 7.05 Å². The first-order valence-electron chi connectivity index (χ1n) is 4.88. The molecule has 0 bridgehead atoms. The van der Waals surface area contributed by atoms with Gasteiger partial charge >= 0.3 is 0 Å². The van der Waals surface area contributed by atoms with Gasteiger partial charge in [0, 0.05) is 13.0 Å². The molecule has 70 valence electrons. The first-order valence-corrected chi connectivity index (χ1v) is 4.88. The Hall–Kier alpha value is -1.04. The summed E-state index contributed by atoms with van der Waals surface area (Å²) in [6, 6.07) is 2.28.